The minimum Gasteiger partial charge on any atom is -0.494 e. The number of benzene rings is 1. The third kappa shape index (κ3) is 4.73. The van der Waals surface area contributed by atoms with Crippen LogP contribution in [-0.2, 0) is 21.4 Å². The molecular weight excluding hydrogens is 479 g/mol. The lowest BCUT2D eigenvalue weighted by molar-refractivity contribution is 0.122. The van der Waals surface area contributed by atoms with E-state index in [1.54, 1.807) is 22.8 Å². The van der Waals surface area contributed by atoms with Gasteiger partial charge in [0.15, 0.2) is 0 Å². The molecule has 1 atom stereocenters. The van der Waals surface area contributed by atoms with E-state index in [9.17, 15) is 12.8 Å². The number of ether oxygens (including phenoxy) is 2. The van der Waals surface area contributed by atoms with Crippen molar-refractivity contribution in [2.75, 3.05) is 63.0 Å². The quantitative estimate of drug-likeness (QED) is 0.495. The number of imidazole rings is 1. The maximum absolute atomic E-state index is 14.1. The number of morpholine rings is 1. The Balaban J connectivity index is 1.57. The summed E-state index contributed by atoms with van der Waals surface area (Å²) in [7, 11) is -1.75. The Kier molecular flexibility index (Phi) is 6.42. The fraction of sp³-hybridized carbons (Fsp3) is 0.524. The molecule has 3 aromatic rings. The van der Waals surface area contributed by atoms with Crippen LogP contribution >= 0.6 is 0 Å². The molecule has 0 amide bonds. The van der Waals surface area contributed by atoms with E-state index >= 15 is 0 Å². The van der Waals surface area contributed by atoms with Crippen molar-refractivity contribution in [1.82, 2.24) is 28.8 Å². The minimum atomic E-state index is -3.28. The molecule has 2 aromatic heterocycles. The van der Waals surface area contributed by atoms with Gasteiger partial charge < -0.3 is 19.7 Å². The highest BCUT2D eigenvalue weighted by Crippen LogP contribution is 2.29. The Labute approximate surface area is 202 Å². The third-order valence-electron chi connectivity index (χ3n) is 6.12. The van der Waals surface area contributed by atoms with Gasteiger partial charge in [-0.25, -0.2) is 22.1 Å². The van der Waals surface area contributed by atoms with Gasteiger partial charge in [-0.1, -0.05) is 6.07 Å². The van der Waals surface area contributed by atoms with Crippen LogP contribution in [0.1, 0.15) is 12.2 Å². The molecule has 0 spiro atoms. The summed E-state index contributed by atoms with van der Waals surface area (Å²) in [5.74, 6) is 1.58. The average molecular weight is 507 g/mol. The van der Waals surface area contributed by atoms with Crippen molar-refractivity contribution in [3.8, 4) is 11.7 Å². The normalized spacial score (nSPS) is 19.4. The van der Waals surface area contributed by atoms with E-state index in [2.05, 4.69) is 25.3 Å². The van der Waals surface area contributed by atoms with E-state index in [-0.39, 0.29) is 23.8 Å². The fourth-order valence-corrected chi connectivity index (χ4v) is 5.24. The molecule has 0 saturated carbocycles. The second kappa shape index (κ2) is 9.51. The van der Waals surface area contributed by atoms with E-state index < -0.39 is 16.7 Å². The van der Waals surface area contributed by atoms with Crippen molar-refractivity contribution in [2.24, 2.45) is 0 Å². The second-order valence-electron chi connectivity index (χ2n) is 8.43. The summed E-state index contributed by atoms with van der Waals surface area (Å²) >= 11 is 0. The highest BCUT2D eigenvalue weighted by molar-refractivity contribution is 7.88. The van der Waals surface area contributed by atoms with Gasteiger partial charge in [-0.3, -0.25) is 4.57 Å². The van der Waals surface area contributed by atoms with Gasteiger partial charge in [-0.05, 0) is 18.6 Å². The number of nitrogens with zero attached hydrogens (tertiary/aromatic N) is 7. The molecule has 2 fully saturated rings. The molecule has 188 valence electrons. The Morgan fingerprint density at radius 3 is 2.60 bits per heavy atom. The molecule has 0 bridgehead atoms. The largest absolute Gasteiger partial charge is 0.494 e. The first kappa shape index (κ1) is 23.6. The van der Waals surface area contributed by atoms with Crippen molar-refractivity contribution in [3.63, 3.8) is 0 Å². The predicted molar refractivity (Wildman–Crippen MR) is 127 cm³/mol. The molecule has 14 heteroatoms. The first-order chi connectivity index (χ1) is 16.9. The van der Waals surface area contributed by atoms with E-state index in [1.807, 2.05) is 4.90 Å². The zero-order chi connectivity index (χ0) is 24.6. The first-order valence-corrected chi connectivity index (χ1v) is 13.1. The number of fused-ring (bicyclic) bond motifs is 1. The summed E-state index contributed by atoms with van der Waals surface area (Å²) < 4.78 is 51.8. The molecule has 1 N–H and O–H groups in total. The van der Waals surface area contributed by atoms with Crippen molar-refractivity contribution in [2.45, 2.75) is 19.1 Å². The Morgan fingerprint density at radius 1 is 1.14 bits per heavy atom. The molecule has 0 radical (unpaired) electrons. The van der Waals surface area contributed by atoms with Crippen molar-refractivity contribution in [3.05, 3.63) is 24.0 Å². The predicted octanol–water partition coefficient (Wildman–Crippen LogP) is 0.971. The number of hydrogen-bond donors (Lipinski definition) is 1. The number of anilines is 2. The minimum absolute atomic E-state index is 0.138. The number of aromatic nitrogens is 5. The molecule has 2 saturated heterocycles. The summed E-state index contributed by atoms with van der Waals surface area (Å²) in [5, 5.41) is 3.25. The lowest BCUT2D eigenvalue weighted by Gasteiger charge is -2.27. The number of nitrogens with one attached hydrogen (secondary N) is 1. The van der Waals surface area contributed by atoms with Gasteiger partial charge in [-0.15, -0.1) is 0 Å². The van der Waals surface area contributed by atoms with Gasteiger partial charge in [-0.2, -0.15) is 15.0 Å². The third-order valence-corrected chi connectivity index (χ3v) is 7.39. The SMILES string of the molecule is COc1cccc2c1nc(CF)n2-c1nc(NC2CCN(S(C)(=O)=O)C2)nc(N2CCOCC2)n1. The van der Waals surface area contributed by atoms with Crippen LogP contribution in [-0.4, -0.2) is 96.0 Å². The van der Waals surface area contributed by atoms with E-state index in [0.717, 1.165) is 0 Å². The number of rotatable bonds is 7. The summed E-state index contributed by atoms with van der Waals surface area (Å²) in [4.78, 5) is 20.3. The molecule has 2 aliphatic heterocycles. The topological polar surface area (TPSA) is 128 Å². The number of alkyl halides is 1. The molecule has 0 aliphatic carbocycles. The van der Waals surface area contributed by atoms with E-state index in [0.29, 0.717) is 68.5 Å². The number of sulfonamides is 1. The molecular formula is C21H27FN8O4S. The van der Waals surface area contributed by atoms with Crippen LogP contribution < -0.4 is 15.0 Å². The number of halogens is 1. The van der Waals surface area contributed by atoms with Gasteiger partial charge in [0, 0.05) is 32.2 Å². The smallest absolute Gasteiger partial charge is 0.242 e. The maximum Gasteiger partial charge on any atom is 0.242 e. The van der Waals surface area contributed by atoms with Gasteiger partial charge in [0.1, 0.15) is 23.8 Å². The molecule has 2 aliphatic rings. The molecule has 35 heavy (non-hydrogen) atoms. The molecule has 4 heterocycles. The lowest BCUT2D eigenvalue weighted by Crippen LogP contribution is -2.38. The first-order valence-electron chi connectivity index (χ1n) is 11.3. The van der Waals surface area contributed by atoms with E-state index in [4.69, 9.17) is 9.47 Å². The van der Waals surface area contributed by atoms with Crippen LogP contribution in [0.3, 0.4) is 0 Å². The second-order valence-corrected chi connectivity index (χ2v) is 10.4. The summed E-state index contributed by atoms with van der Waals surface area (Å²) in [6.45, 7) is 2.18. The maximum atomic E-state index is 14.1. The molecule has 1 aromatic carbocycles. The Morgan fingerprint density at radius 2 is 1.91 bits per heavy atom. The highest BCUT2D eigenvalue weighted by Gasteiger charge is 2.30. The molecule has 5 rings (SSSR count). The van der Waals surface area contributed by atoms with Crippen LogP contribution in [0.25, 0.3) is 17.0 Å². The van der Waals surface area contributed by atoms with Crippen LogP contribution in [0, 0.1) is 0 Å². The summed E-state index contributed by atoms with van der Waals surface area (Å²) in [6, 6.07) is 5.19. The number of para-hydroxylation sites is 1. The van der Waals surface area contributed by atoms with Gasteiger partial charge in [0.25, 0.3) is 0 Å². The van der Waals surface area contributed by atoms with Crippen LogP contribution in [0.4, 0.5) is 16.3 Å². The van der Waals surface area contributed by atoms with Crippen molar-refractivity contribution < 1.29 is 22.3 Å². The fourth-order valence-electron chi connectivity index (χ4n) is 4.35. The standard InChI is InChI=1S/C21H27FN8O4S/c1-33-16-5-3-4-15-18(16)24-17(12-22)30(15)21-26-19(23-14-6-7-29(13-14)35(2,31)32)25-20(27-21)28-8-10-34-11-9-28/h3-5,14H,6-13H2,1-2H3,(H,23,25,26,27). The van der Waals surface area contributed by atoms with Crippen molar-refractivity contribution in [1.29, 1.82) is 0 Å². The van der Waals surface area contributed by atoms with Gasteiger partial charge in [0.2, 0.25) is 27.9 Å². The lowest BCUT2D eigenvalue weighted by atomic mass is 10.3. The van der Waals surface area contributed by atoms with Gasteiger partial charge in [0.05, 0.1) is 32.1 Å². The van der Waals surface area contributed by atoms with Crippen LogP contribution in [0.2, 0.25) is 0 Å². The summed E-state index contributed by atoms with van der Waals surface area (Å²) in [5.41, 5.74) is 1.11. The molecule has 1 unspecified atom stereocenters. The highest BCUT2D eigenvalue weighted by atomic mass is 32.2. The Bertz CT molecular complexity index is 1330. The summed E-state index contributed by atoms with van der Waals surface area (Å²) in [6.07, 6.45) is 1.81. The monoisotopic (exact) mass is 506 g/mol. The Hall–Kier alpha value is -3.10. The van der Waals surface area contributed by atoms with Crippen molar-refractivity contribution >= 4 is 33.0 Å². The molecule has 12 nitrogen and oxygen atoms in total. The van der Waals surface area contributed by atoms with Crippen LogP contribution in [0.15, 0.2) is 18.2 Å². The van der Waals surface area contributed by atoms with Gasteiger partial charge >= 0.3 is 0 Å². The average Bonchev–Trinajstić information content (AvgIpc) is 3.49. The van der Waals surface area contributed by atoms with Crippen LogP contribution in [0.5, 0.6) is 5.75 Å². The zero-order valence-corrected chi connectivity index (χ0v) is 20.3. The number of methoxy groups -OCH3 is 1. The zero-order valence-electron chi connectivity index (χ0n) is 19.5. The van der Waals surface area contributed by atoms with E-state index in [1.165, 1.54) is 17.7 Å². The number of hydrogen-bond acceptors (Lipinski definition) is 10.